The minimum absolute atomic E-state index is 0.00831. The number of ketones is 1. The Morgan fingerprint density at radius 2 is 1.91 bits per heavy atom. The van der Waals surface area contributed by atoms with Gasteiger partial charge < -0.3 is 9.47 Å². The van der Waals surface area contributed by atoms with Crippen molar-refractivity contribution in [2.24, 2.45) is 22.7 Å². The minimum atomic E-state index is -0.317. The molecule has 3 fully saturated rings. The average molecular weight is 318 g/mol. The van der Waals surface area contributed by atoms with Crippen LogP contribution in [0.1, 0.15) is 66.2 Å². The molecule has 0 aromatic heterocycles. The number of Topliss-reactive ketones (excluding diaryl/α,β-unsaturated/α-hetero) is 1. The fraction of sp³-hybridized carbons (Fsp3) is 0.850. The van der Waals surface area contributed by atoms with Gasteiger partial charge in [0.1, 0.15) is 18.0 Å². The third-order valence-corrected chi connectivity index (χ3v) is 7.88. The van der Waals surface area contributed by atoms with E-state index >= 15 is 0 Å². The maximum Gasteiger partial charge on any atom is 0.138 e. The molecule has 2 aliphatic carbocycles. The second-order valence-electron chi connectivity index (χ2n) is 9.37. The summed E-state index contributed by atoms with van der Waals surface area (Å²) in [5.41, 5.74) is -0.303. The highest BCUT2D eigenvalue weighted by atomic mass is 16.6. The van der Waals surface area contributed by atoms with Crippen LogP contribution in [0.2, 0.25) is 0 Å². The number of hydrogen-bond donors (Lipinski definition) is 0. The Morgan fingerprint density at radius 1 is 1.13 bits per heavy atom. The van der Waals surface area contributed by atoms with Crippen molar-refractivity contribution in [2.75, 3.05) is 6.61 Å². The highest BCUT2D eigenvalue weighted by Crippen LogP contribution is 2.67. The molecule has 2 spiro atoms. The molecule has 0 aromatic rings. The first-order valence-electron chi connectivity index (χ1n) is 9.27. The molecule has 2 heterocycles. The number of ether oxygens (including phenoxy) is 2. The first-order valence-corrected chi connectivity index (χ1v) is 9.27. The molecule has 4 rings (SSSR count). The molecule has 0 N–H and O–H groups in total. The van der Waals surface area contributed by atoms with Crippen LogP contribution in [0, 0.1) is 22.7 Å². The second kappa shape index (κ2) is 4.62. The van der Waals surface area contributed by atoms with Crippen LogP contribution in [-0.2, 0) is 14.3 Å². The van der Waals surface area contributed by atoms with Crippen LogP contribution >= 0.6 is 0 Å². The van der Waals surface area contributed by atoms with E-state index in [0.29, 0.717) is 18.3 Å². The number of fused-ring (bicyclic) bond motifs is 2. The normalized spacial score (nSPS) is 51.2. The molecule has 1 saturated heterocycles. The van der Waals surface area contributed by atoms with E-state index in [1.165, 1.54) is 19.3 Å². The largest absolute Gasteiger partial charge is 0.498 e. The topological polar surface area (TPSA) is 35.5 Å². The van der Waals surface area contributed by atoms with Crippen LogP contribution in [0.5, 0.6) is 0 Å². The SMILES string of the molecule is C[C@@H]1C(=O)C[C@H]2C(C)(C)CCC[C@]2(C)[C@@]12CC[C@]1(C=COC1)O2. The molecule has 0 bridgehead atoms. The smallest absolute Gasteiger partial charge is 0.138 e. The van der Waals surface area contributed by atoms with Crippen LogP contribution in [0.15, 0.2) is 12.3 Å². The van der Waals surface area contributed by atoms with Crippen molar-refractivity contribution in [1.82, 2.24) is 0 Å². The summed E-state index contributed by atoms with van der Waals surface area (Å²) in [7, 11) is 0. The van der Waals surface area contributed by atoms with Crippen molar-refractivity contribution in [1.29, 1.82) is 0 Å². The summed E-state index contributed by atoms with van der Waals surface area (Å²) in [6.45, 7) is 9.86. The number of rotatable bonds is 0. The first-order chi connectivity index (χ1) is 10.7. The predicted molar refractivity (Wildman–Crippen MR) is 88.9 cm³/mol. The molecule has 2 aliphatic heterocycles. The summed E-state index contributed by atoms with van der Waals surface area (Å²) < 4.78 is 12.4. The highest BCUT2D eigenvalue weighted by Gasteiger charge is 2.69. The number of carbonyl (C=O) groups excluding carboxylic acids is 1. The minimum Gasteiger partial charge on any atom is -0.498 e. The van der Waals surface area contributed by atoms with Crippen molar-refractivity contribution in [2.45, 2.75) is 77.4 Å². The molecule has 128 valence electrons. The summed E-state index contributed by atoms with van der Waals surface area (Å²) in [5.74, 6) is 0.822. The maximum atomic E-state index is 12.9. The van der Waals surface area contributed by atoms with Gasteiger partial charge in [-0.25, -0.2) is 0 Å². The van der Waals surface area contributed by atoms with E-state index in [2.05, 4.69) is 33.8 Å². The van der Waals surface area contributed by atoms with Crippen molar-refractivity contribution >= 4 is 5.78 Å². The Morgan fingerprint density at radius 3 is 2.61 bits per heavy atom. The molecular formula is C20H30O3. The van der Waals surface area contributed by atoms with Gasteiger partial charge in [-0.05, 0) is 43.1 Å². The van der Waals surface area contributed by atoms with Gasteiger partial charge in [-0.3, -0.25) is 4.79 Å². The maximum absolute atomic E-state index is 12.9. The zero-order chi connectivity index (χ0) is 16.5. The Balaban J connectivity index is 1.80. The molecule has 0 aromatic carbocycles. The van der Waals surface area contributed by atoms with Gasteiger partial charge in [0, 0.05) is 17.8 Å². The van der Waals surface area contributed by atoms with Crippen LogP contribution in [0.4, 0.5) is 0 Å². The van der Waals surface area contributed by atoms with E-state index in [0.717, 1.165) is 19.3 Å². The van der Waals surface area contributed by atoms with Crippen LogP contribution in [-0.4, -0.2) is 23.6 Å². The molecule has 5 atom stereocenters. The Hall–Kier alpha value is -0.830. The molecule has 23 heavy (non-hydrogen) atoms. The van der Waals surface area contributed by atoms with Gasteiger partial charge in [-0.15, -0.1) is 0 Å². The lowest BCUT2D eigenvalue weighted by atomic mass is 9.44. The monoisotopic (exact) mass is 318 g/mol. The summed E-state index contributed by atoms with van der Waals surface area (Å²) in [6.07, 6.45) is 10.2. The van der Waals surface area contributed by atoms with Gasteiger partial charge in [0.05, 0.1) is 11.9 Å². The van der Waals surface area contributed by atoms with E-state index in [-0.39, 0.29) is 27.9 Å². The van der Waals surface area contributed by atoms with E-state index < -0.39 is 0 Å². The van der Waals surface area contributed by atoms with Gasteiger partial charge >= 0.3 is 0 Å². The summed E-state index contributed by atoms with van der Waals surface area (Å²) in [4.78, 5) is 12.9. The second-order valence-corrected chi connectivity index (χ2v) is 9.37. The van der Waals surface area contributed by atoms with Gasteiger partial charge in [0.25, 0.3) is 0 Å². The van der Waals surface area contributed by atoms with Crippen molar-refractivity contribution in [3.63, 3.8) is 0 Å². The van der Waals surface area contributed by atoms with Gasteiger partial charge in [0.2, 0.25) is 0 Å². The fourth-order valence-corrected chi connectivity index (χ4v) is 6.46. The van der Waals surface area contributed by atoms with Crippen molar-refractivity contribution < 1.29 is 14.3 Å². The lowest BCUT2D eigenvalue weighted by molar-refractivity contribution is -0.234. The molecule has 0 radical (unpaired) electrons. The summed E-state index contributed by atoms with van der Waals surface area (Å²) in [5, 5.41) is 0. The fourth-order valence-electron chi connectivity index (χ4n) is 6.46. The lowest BCUT2D eigenvalue weighted by Gasteiger charge is -2.63. The lowest BCUT2D eigenvalue weighted by Crippen LogP contribution is -2.65. The Bertz CT molecular complexity index is 565. The van der Waals surface area contributed by atoms with Crippen LogP contribution in [0.25, 0.3) is 0 Å². The van der Waals surface area contributed by atoms with Crippen LogP contribution < -0.4 is 0 Å². The predicted octanol–water partition coefficient (Wildman–Crippen LogP) is 4.26. The first kappa shape index (κ1) is 15.7. The van der Waals surface area contributed by atoms with E-state index in [1.807, 2.05) is 0 Å². The van der Waals surface area contributed by atoms with Gasteiger partial charge in [0.15, 0.2) is 0 Å². The molecular weight excluding hydrogens is 288 g/mol. The summed E-state index contributed by atoms with van der Waals surface area (Å²) in [6, 6.07) is 0. The zero-order valence-electron chi connectivity index (χ0n) is 15.0. The Labute approximate surface area is 139 Å². The van der Waals surface area contributed by atoms with E-state index in [9.17, 15) is 4.79 Å². The molecule has 2 saturated carbocycles. The quantitative estimate of drug-likeness (QED) is 0.669. The summed E-state index contributed by atoms with van der Waals surface area (Å²) >= 11 is 0. The number of hydrogen-bond acceptors (Lipinski definition) is 3. The van der Waals surface area contributed by atoms with Crippen molar-refractivity contribution in [3.05, 3.63) is 12.3 Å². The van der Waals surface area contributed by atoms with Gasteiger partial charge in [-0.1, -0.05) is 34.1 Å². The molecule has 3 heteroatoms. The average Bonchev–Trinajstić information content (AvgIpc) is 3.10. The third kappa shape index (κ3) is 1.89. The molecule has 0 amide bonds. The Kier molecular flexibility index (Phi) is 3.15. The van der Waals surface area contributed by atoms with Crippen molar-refractivity contribution in [3.8, 4) is 0 Å². The van der Waals surface area contributed by atoms with Gasteiger partial charge in [-0.2, -0.15) is 0 Å². The molecule has 0 unspecified atom stereocenters. The molecule has 3 nitrogen and oxygen atoms in total. The van der Waals surface area contributed by atoms with E-state index in [1.54, 1.807) is 6.26 Å². The highest BCUT2D eigenvalue weighted by molar-refractivity contribution is 5.84. The molecule has 4 aliphatic rings. The zero-order valence-corrected chi connectivity index (χ0v) is 15.0. The number of carbonyl (C=O) groups is 1. The standard InChI is InChI=1S/C20H30O3/c1-14-15(21)12-16-17(2,3)6-5-7-18(16,4)20(14)9-8-19(23-20)10-11-22-13-19/h10-11,14,16H,5-9,12-13H2,1-4H3/t14-,16+,18+,19-,20-/m1/s1. The van der Waals surface area contributed by atoms with E-state index in [4.69, 9.17) is 9.47 Å². The van der Waals surface area contributed by atoms with Crippen LogP contribution in [0.3, 0.4) is 0 Å². The third-order valence-electron chi connectivity index (χ3n) is 7.88.